The summed E-state index contributed by atoms with van der Waals surface area (Å²) in [5.41, 5.74) is 4.10. The fourth-order valence-electron chi connectivity index (χ4n) is 3.08. The molecular formula is C21H25ClIN3OS. The van der Waals surface area contributed by atoms with Crippen molar-refractivity contribution in [2.24, 2.45) is 0 Å². The molecule has 0 aliphatic carbocycles. The molecule has 0 saturated carbocycles. The molecule has 0 unspecified atom stereocenters. The third-order valence-corrected chi connectivity index (χ3v) is 6.35. The Kier molecular flexibility index (Phi) is 8.24. The van der Waals surface area contributed by atoms with E-state index in [0.717, 1.165) is 43.0 Å². The number of nitrogens with zero attached hydrogens (tertiary/aromatic N) is 3. The first kappa shape index (κ1) is 23.1. The van der Waals surface area contributed by atoms with Crippen LogP contribution in [0.25, 0.3) is 10.2 Å². The molecule has 7 heteroatoms. The van der Waals surface area contributed by atoms with Gasteiger partial charge >= 0.3 is 0 Å². The van der Waals surface area contributed by atoms with Gasteiger partial charge in [-0.05, 0) is 92.8 Å². The highest BCUT2D eigenvalue weighted by Crippen LogP contribution is 2.33. The molecule has 3 aromatic rings. The number of anilines is 1. The number of rotatable bonds is 6. The number of aryl methyl sites for hydroxylation is 2. The van der Waals surface area contributed by atoms with Crippen molar-refractivity contribution in [3.8, 4) is 0 Å². The van der Waals surface area contributed by atoms with E-state index in [9.17, 15) is 4.79 Å². The molecule has 0 aliphatic rings. The lowest BCUT2D eigenvalue weighted by Gasteiger charge is -2.21. The summed E-state index contributed by atoms with van der Waals surface area (Å²) in [6.45, 7) is 5.76. The van der Waals surface area contributed by atoms with E-state index in [1.807, 2.05) is 29.2 Å². The molecule has 1 aromatic heterocycles. The number of fused-ring (bicyclic) bond motifs is 1. The topological polar surface area (TPSA) is 36.4 Å². The van der Waals surface area contributed by atoms with Gasteiger partial charge in [0.15, 0.2) is 5.13 Å². The number of carbonyl (C=O) groups excluding carboxylic acids is 1. The Morgan fingerprint density at radius 3 is 2.54 bits per heavy atom. The van der Waals surface area contributed by atoms with Gasteiger partial charge in [-0.1, -0.05) is 29.5 Å². The van der Waals surface area contributed by atoms with Crippen molar-refractivity contribution in [2.45, 2.75) is 20.3 Å². The monoisotopic (exact) mass is 529 g/mol. The van der Waals surface area contributed by atoms with Gasteiger partial charge in [0.25, 0.3) is 5.91 Å². The van der Waals surface area contributed by atoms with Crippen molar-refractivity contribution in [3.05, 3.63) is 56.7 Å². The van der Waals surface area contributed by atoms with Crippen LogP contribution in [0.3, 0.4) is 0 Å². The van der Waals surface area contributed by atoms with Crippen molar-refractivity contribution < 1.29 is 4.79 Å². The van der Waals surface area contributed by atoms with Crippen LogP contribution in [0.15, 0.2) is 36.4 Å². The molecule has 0 saturated heterocycles. The van der Waals surface area contributed by atoms with Crippen LogP contribution in [-0.4, -0.2) is 43.0 Å². The van der Waals surface area contributed by atoms with E-state index in [2.05, 4.69) is 67.6 Å². The minimum absolute atomic E-state index is 0. The first-order valence-corrected chi connectivity index (χ1v) is 10.8. The zero-order valence-corrected chi connectivity index (χ0v) is 20.3. The minimum atomic E-state index is 0. The number of benzene rings is 2. The van der Waals surface area contributed by atoms with Crippen LogP contribution < -0.4 is 4.90 Å². The van der Waals surface area contributed by atoms with E-state index in [0.29, 0.717) is 6.54 Å². The molecule has 0 bridgehead atoms. The zero-order chi connectivity index (χ0) is 19.6. The van der Waals surface area contributed by atoms with Crippen LogP contribution in [0.1, 0.15) is 27.9 Å². The van der Waals surface area contributed by atoms with E-state index in [4.69, 9.17) is 4.98 Å². The molecule has 4 nitrogen and oxygen atoms in total. The van der Waals surface area contributed by atoms with E-state index >= 15 is 0 Å². The van der Waals surface area contributed by atoms with Gasteiger partial charge < -0.3 is 4.90 Å². The number of hydrogen-bond donors (Lipinski definition) is 0. The number of amides is 1. The fraction of sp³-hybridized carbons (Fsp3) is 0.333. The van der Waals surface area contributed by atoms with Gasteiger partial charge in [0.2, 0.25) is 0 Å². The van der Waals surface area contributed by atoms with Crippen molar-refractivity contribution in [2.75, 3.05) is 32.1 Å². The highest BCUT2D eigenvalue weighted by molar-refractivity contribution is 14.1. The lowest BCUT2D eigenvalue weighted by atomic mass is 10.1. The molecule has 28 heavy (non-hydrogen) atoms. The number of aromatic nitrogens is 1. The molecular weight excluding hydrogens is 505 g/mol. The van der Waals surface area contributed by atoms with Crippen LogP contribution in [0.2, 0.25) is 0 Å². The normalized spacial score (nSPS) is 10.9. The first-order valence-electron chi connectivity index (χ1n) is 8.95. The number of carbonyl (C=O) groups is 1. The summed E-state index contributed by atoms with van der Waals surface area (Å²) in [5, 5.41) is 0.780. The molecule has 1 amide bonds. The van der Waals surface area contributed by atoms with Gasteiger partial charge in [-0.2, -0.15) is 0 Å². The quantitative estimate of drug-likeness (QED) is 0.394. The van der Waals surface area contributed by atoms with Gasteiger partial charge in [-0.3, -0.25) is 9.69 Å². The van der Waals surface area contributed by atoms with Crippen LogP contribution in [0.4, 0.5) is 5.13 Å². The van der Waals surface area contributed by atoms with Crippen molar-refractivity contribution in [1.29, 1.82) is 0 Å². The summed E-state index contributed by atoms with van der Waals surface area (Å²) in [6.07, 6.45) is 0.899. The van der Waals surface area contributed by atoms with Gasteiger partial charge in [0.05, 0.1) is 15.8 Å². The maximum absolute atomic E-state index is 13.3. The third-order valence-electron chi connectivity index (χ3n) is 4.39. The van der Waals surface area contributed by atoms with E-state index in [-0.39, 0.29) is 18.3 Å². The van der Waals surface area contributed by atoms with Gasteiger partial charge in [-0.15, -0.1) is 12.4 Å². The maximum atomic E-state index is 13.3. The summed E-state index contributed by atoms with van der Waals surface area (Å²) in [4.78, 5) is 22.2. The van der Waals surface area contributed by atoms with Crippen LogP contribution >= 0.6 is 46.3 Å². The molecule has 150 valence electrons. The van der Waals surface area contributed by atoms with Crippen LogP contribution in [0, 0.1) is 17.4 Å². The Hall–Kier alpha value is -1.22. The van der Waals surface area contributed by atoms with Gasteiger partial charge in [0.1, 0.15) is 0 Å². The standard InChI is InChI=1S/C21H24IN3OS.ClH/c1-14-12-15(2)19-18(13-14)27-21(23-19)25(11-7-10-24(3)4)20(26)16-8-5-6-9-17(16)22;/h5-6,8-9,12-13H,7,10-11H2,1-4H3;1H. The summed E-state index contributed by atoms with van der Waals surface area (Å²) < 4.78 is 2.10. The van der Waals surface area contributed by atoms with E-state index in [1.165, 1.54) is 5.56 Å². The van der Waals surface area contributed by atoms with E-state index < -0.39 is 0 Å². The van der Waals surface area contributed by atoms with Crippen LogP contribution in [-0.2, 0) is 0 Å². The summed E-state index contributed by atoms with van der Waals surface area (Å²) in [5.74, 6) is 0.0205. The summed E-state index contributed by atoms with van der Waals surface area (Å²) >= 11 is 3.83. The van der Waals surface area contributed by atoms with Gasteiger partial charge in [-0.25, -0.2) is 4.98 Å². The molecule has 0 aliphatic heterocycles. The third kappa shape index (κ3) is 5.23. The van der Waals surface area contributed by atoms with E-state index in [1.54, 1.807) is 11.3 Å². The lowest BCUT2D eigenvalue weighted by molar-refractivity contribution is 0.0985. The molecule has 2 aromatic carbocycles. The average Bonchev–Trinajstić information content (AvgIpc) is 3.02. The van der Waals surface area contributed by atoms with Crippen molar-refractivity contribution >= 4 is 67.6 Å². The Morgan fingerprint density at radius 2 is 1.86 bits per heavy atom. The average molecular weight is 530 g/mol. The second-order valence-electron chi connectivity index (χ2n) is 7.02. The Bertz CT molecular complexity index is 973. The molecule has 3 rings (SSSR count). The molecule has 0 spiro atoms. The molecule has 0 N–H and O–H groups in total. The van der Waals surface area contributed by atoms with Gasteiger partial charge in [0, 0.05) is 10.1 Å². The van der Waals surface area contributed by atoms with Crippen molar-refractivity contribution in [3.63, 3.8) is 0 Å². The van der Waals surface area contributed by atoms with Crippen molar-refractivity contribution in [1.82, 2.24) is 9.88 Å². The predicted molar refractivity (Wildman–Crippen MR) is 130 cm³/mol. The highest BCUT2D eigenvalue weighted by atomic mass is 127. The molecule has 1 heterocycles. The number of halogens is 2. The summed E-state index contributed by atoms with van der Waals surface area (Å²) in [7, 11) is 4.10. The number of thiazole rings is 1. The second kappa shape index (κ2) is 10.0. The second-order valence-corrected chi connectivity index (χ2v) is 9.19. The highest BCUT2D eigenvalue weighted by Gasteiger charge is 2.23. The predicted octanol–water partition coefficient (Wildman–Crippen LogP) is 5.54. The summed E-state index contributed by atoms with van der Waals surface area (Å²) in [6, 6.07) is 12.0. The molecule has 0 atom stereocenters. The zero-order valence-electron chi connectivity index (χ0n) is 16.5. The molecule has 0 radical (unpaired) electrons. The first-order chi connectivity index (χ1) is 12.9. The van der Waals surface area contributed by atoms with Crippen LogP contribution in [0.5, 0.6) is 0 Å². The Labute approximate surface area is 190 Å². The largest absolute Gasteiger partial charge is 0.309 e. The fourth-order valence-corrected chi connectivity index (χ4v) is 4.87. The maximum Gasteiger partial charge on any atom is 0.261 e. The minimum Gasteiger partial charge on any atom is -0.309 e. The SMILES string of the molecule is Cc1cc(C)c2nc(N(CCCN(C)C)C(=O)c3ccccc3I)sc2c1.Cl. The molecule has 0 fully saturated rings. The number of hydrogen-bond acceptors (Lipinski definition) is 4. The Morgan fingerprint density at radius 1 is 1.14 bits per heavy atom. The lowest BCUT2D eigenvalue weighted by Crippen LogP contribution is -2.33. The smallest absolute Gasteiger partial charge is 0.261 e. The Balaban J connectivity index is 0.00000280.